The number of nitrogens with two attached hydrogens (primary N) is 1. The van der Waals surface area contributed by atoms with Crippen LogP contribution >= 0.6 is 23.4 Å². The van der Waals surface area contributed by atoms with Gasteiger partial charge in [0.2, 0.25) is 5.91 Å². The number of thioether (sulfide) groups is 1. The van der Waals surface area contributed by atoms with Gasteiger partial charge in [0.25, 0.3) is 0 Å². The molecule has 4 heteroatoms. The Labute approximate surface area is 70.5 Å². The van der Waals surface area contributed by atoms with Crippen molar-refractivity contribution in [2.45, 2.75) is 24.0 Å². The van der Waals surface area contributed by atoms with Gasteiger partial charge in [-0.05, 0) is 20.1 Å². The van der Waals surface area contributed by atoms with Crippen molar-refractivity contribution in [3.05, 3.63) is 0 Å². The Bertz CT molecular complexity index is 140. The molecule has 0 aromatic rings. The molecule has 0 spiro atoms. The molecular formula is C6H12ClNOS. The lowest BCUT2D eigenvalue weighted by Gasteiger charge is -2.25. The average molecular weight is 182 g/mol. The first-order valence-corrected chi connectivity index (χ1v) is 4.60. The highest BCUT2D eigenvalue weighted by atomic mass is 35.5. The second-order valence-electron chi connectivity index (χ2n) is 2.29. The molecule has 2 atom stereocenters. The smallest absolute Gasteiger partial charge is 0.234 e. The van der Waals surface area contributed by atoms with Gasteiger partial charge in [0.05, 0.1) is 5.38 Å². The summed E-state index contributed by atoms with van der Waals surface area (Å²) in [7, 11) is 0. The van der Waals surface area contributed by atoms with Crippen molar-refractivity contribution in [3.63, 3.8) is 0 Å². The summed E-state index contributed by atoms with van der Waals surface area (Å²) >= 11 is 7.14. The Balaban J connectivity index is 4.38. The van der Waals surface area contributed by atoms with E-state index in [0.29, 0.717) is 0 Å². The Kier molecular flexibility index (Phi) is 3.52. The van der Waals surface area contributed by atoms with Crippen LogP contribution in [0.1, 0.15) is 13.8 Å². The molecule has 0 aliphatic heterocycles. The second kappa shape index (κ2) is 3.49. The van der Waals surface area contributed by atoms with Crippen LogP contribution < -0.4 is 5.73 Å². The summed E-state index contributed by atoms with van der Waals surface area (Å²) in [5, 5.41) is -0.236. The molecule has 2 unspecified atom stereocenters. The van der Waals surface area contributed by atoms with E-state index in [1.807, 2.05) is 6.26 Å². The number of carbonyl (C=O) groups is 1. The van der Waals surface area contributed by atoms with E-state index in [1.165, 1.54) is 11.8 Å². The third-order valence-electron chi connectivity index (χ3n) is 1.67. The van der Waals surface area contributed by atoms with E-state index in [2.05, 4.69) is 0 Å². The van der Waals surface area contributed by atoms with Crippen LogP contribution in [0.15, 0.2) is 0 Å². The molecule has 1 amide bonds. The number of primary amides is 1. The predicted molar refractivity (Wildman–Crippen MR) is 46.4 cm³/mol. The third-order valence-corrected chi connectivity index (χ3v) is 3.64. The number of halogens is 1. The Morgan fingerprint density at radius 2 is 2.20 bits per heavy atom. The molecule has 0 saturated carbocycles. The largest absolute Gasteiger partial charge is 0.368 e. The van der Waals surface area contributed by atoms with Crippen molar-refractivity contribution >= 4 is 29.3 Å². The van der Waals surface area contributed by atoms with E-state index in [-0.39, 0.29) is 11.3 Å². The van der Waals surface area contributed by atoms with E-state index in [0.717, 1.165) is 0 Å². The van der Waals surface area contributed by atoms with E-state index < -0.39 is 4.75 Å². The monoisotopic (exact) mass is 181 g/mol. The molecule has 0 aliphatic rings. The van der Waals surface area contributed by atoms with Gasteiger partial charge in [-0.3, -0.25) is 4.79 Å². The quantitative estimate of drug-likeness (QED) is 0.666. The van der Waals surface area contributed by atoms with Crippen molar-refractivity contribution in [3.8, 4) is 0 Å². The fourth-order valence-corrected chi connectivity index (χ4v) is 1.36. The van der Waals surface area contributed by atoms with Crippen molar-refractivity contribution < 1.29 is 4.79 Å². The standard InChI is InChI=1S/C6H12ClNOS/c1-4(7)6(2,10-3)5(8)9/h4H,1-3H3,(H2,8,9). The van der Waals surface area contributed by atoms with Gasteiger partial charge in [-0.25, -0.2) is 0 Å². The van der Waals surface area contributed by atoms with Gasteiger partial charge in [-0.2, -0.15) is 0 Å². The summed E-state index contributed by atoms with van der Waals surface area (Å²) in [4.78, 5) is 10.8. The lowest BCUT2D eigenvalue weighted by atomic mass is 10.1. The number of amides is 1. The molecule has 0 aliphatic carbocycles. The van der Waals surface area contributed by atoms with Crippen molar-refractivity contribution in [2.75, 3.05) is 6.26 Å². The lowest BCUT2D eigenvalue weighted by molar-refractivity contribution is -0.119. The minimum absolute atomic E-state index is 0.236. The van der Waals surface area contributed by atoms with Gasteiger partial charge in [0, 0.05) is 0 Å². The zero-order chi connectivity index (χ0) is 8.36. The number of carbonyl (C=O) groups excluding carboxylic acids is 1. The van der Waals surface area contributed by atoms with Crippen LogP contribution in [-0.2, 0) is 4.79 Å². The first-order valence-electron chi connectivity index (χ1n) is 2.94. The molecule has 10 heavy (non-hydrogen) atoms. The summed E-state index contributed by atoms with van der Waals surface area (Å²) in [6.07, 6.45) is 1.82. The predicted octanol–water partition coefficient (Wildman–Crippen LogP) is 1.22. The first kappa shape index (κ1) is 10.1. The number of hydrogen-bond acceptors (Lipinski definition) is 2. The first-order chi connectivity index (χ1) is 4.45. The molecule has 0 fully saturated rings. The molecule has 0 aromatic heterocycles. The van der Waals surface area contributed by atoms with Crippen LogP contribution in [-0.4, -0.2) is 22.3 Å². The van der Waals surface area contributed by atoms with Gasteiger partial charge in [0.1, 0.15) is 4.75 Å². The maximum absolute atomic E-state index is 10.8. The highest BCUT2D eigenvalue weighted by Gasteiger charge is 2.35. The molecule has 0 bridgehead atoms. The van der Waals surface area contributed by atoms with Crippen LogP contribution in [0.25, 0.3) is 0 Å². The summed E-state index contributed by atoms with van der Waals surface area (Å²) in [6.45, 7) is 3.51. The van der Waals surface area contributed by atoms with Gasteiger partial charge in [-0.15, -0.1) is 23.4 Å². The summed E-state index contributed by atoms with van der Waals surface area (Å²) < 4.78 is -0.637. The van der Waals surface area contributed by atoms with E-state index in [1.54, 1.807) is 13.8 Å². The summed E-state index contributed by atoms with van der Waals surface area (Å²) in [5.74, 6) is -0.359. The summed E-state index contributed by atoms with van der Waals surface area (Å²) in [5.41, 5.74) is 5.14. The van der Waals surface area contributed by atoms with Crippen LogP contribution in [0.5, 0.6) is 0 Å². The number of alkyl halides is 1. The Morgan fingerprint density at radius 3 is 2.20 bits per heavy atom. The van der Waals surface area contributed by atoms with Crippen LogP contribution in [0, 0.1) is 0 Å². The van der Waals surface area contributed by atoms with Gasteiger partial charge < -0.3 is 5.73 Å². The molecule has 60 valence electrons. The molecular weight excluding hydrogens is 170 g/mol. The maximum Gasteiger partial charge on any atom is 0.234 e. The van der Waals surface area contributed by atoms with E-state index in [9.17, 15) is 4.79 Å². The molecule has 0 saturated heterocycles. The molecule has 0 heterocycles. The minimum Gasteiger partial charge on any atom is -0.368 e. The Hall–Kier alpha value is 0.110. The lowest BCUT2D eigenvalue weighted by Crippen LogP contribution is -2.44. The molecule has 2 N–H and O–H groups in total. The molecule has 0 aromatic carbocycles. The molecule has 0 radical (unpaired) electrons. The number of rotatable bonds is 3. The van der Waals surface area contributed by atoms with Crippen molar-refractivity contribution in [1.29, 1.82) is 0 Å². The Morgan fingerprint density at radius 1 is 1.80 bits per heavy atom. The minimum atomic E-state index is -0.637. The van der Waals surface area contributed by atoms with Gasteiger partial charge in [0.15, 0.2) is 0 Å². The van der Waals surface area contributed by atoms with Crippen molar-refractivity contribution in [1.82, 2.24) is 0 Å². The molecule has 2 nitrogen and oxygen atoms in total. The van der Waals surface area contributed by atoms with E-state index in [4.69, 9.17) is 17.3 Å². The third kappa shape index (κ3) is 1.80. The van der Waals surface area contributed by atoms with Crippen LogP contribution in [0.4, 0.5) is 0 Å². The fraction of sp³-hybridized carbons (Fsp3) is 0.833. The highest BCUT2D eigenvalue weighted by Crippen LogP contribution is 2.29. The maximum atomic E-state index is 10.8. The molecule has 0 rings (SSSR count). The van der Waals surface area contributed by atoms with Gasteiger partial charge >= 0.3 is 0 Å². The van der Waals surface area contributed by atoms with Crippen LogP contribution in [0.2, 0.25) is 0 Å². The second-order valence-corrected chi connectivity index (χ2v) is 4.20. The average Bonchev–Trinajstić information content (AvgIpc) is 1.85. The normalized spacial score (nSPS) is 19.6. The SMILES string of the molecule is CSC(C)(C(N)=O)C(C)Cl. The topological polar surface area (TPSA) is 43.1 Å². The van der Waals surface area contributed by atoms with E-state index >= 15 is 0 Å². The highest BCUT2D eigenvalue weighted by molar-refractivity contribution is 8.00. The van der Waals surface area contributed by atoms with Gasteiger partial charge in [-0.1, -0.05) is 0 Å². The number of hydrogen-bond donors (Lipinski definition) is 1. The van der Waals surface area contributed by atoms with Crippen LogP contribution in [0.3, 0.4) is 0 Å². The summed E-state index contributed by atoms with van der Waals surface area (Å²) in [6, 6.07) is 0. The van der Waals surface area contributed by atoms with Crippen molar-refractivity contribution in [2.24, 2.45) is 5.73 Å². The zero-order valence-corrected chi connectivity index (χ0v) is 7.92. The fourth-order valence-electron chi connectivity index (χ4n) is 0.459. The zero-order valence-electron chi connectivity index (χ0n) is 6.35.